The van der Waals surface area contributed by atoms with E-state index in [2.05, 4.69) is 5.32 Å². The molecule has 20 heavy (non-hydrogen) atoms. The summed E-state index contributed by atoms with van der Waals surface area (Å²) in [5.41, 5.74) is 1.53. The maximum atomic E-state index is 12.4. The lowest BCUT2D eigenvalue weighted by Crippen LogP contribution is -2.37. The zero-order valence-electron chi connectivity index (χ0n) is 12.2. The number of likely N-dealkylation sites (N-methyl/N-ethyl adjacent to an activating group) is 1. The Balaban J connectivity index is 2.15. The van der Waals surface area contributed by atoms with Crippen molar-refractivity contribution in [2.75, 3.05) is 32.1 Å². The average molecular weight is 278 g/mol. The van der Waals surface area contributed by atoms with Crippen molar-refractivity contribution in [1.29, 1.82) is 0 Å². The first kappa shape index (κ1) is 14.8. The number of fused-ring (bicyclic) bond motifs is 1. The molecule has 2 rings (SSSR count). The predicted molar refractivity (Wildman–Crippen MR) is 78.5 cm³/mol. The van der Waals surface area contributed by atoms with Gasteiger partial charge in [0.2, 0.25) is 0 Å². The van der Waals surface area contributed by atoms with Crippen LogP contribution in [0.1, 0.15) is 24.2 Å². The van der Waals surface area contributed by atoms with Gasteiger partial charge in [-0.1, -0.05) is 0 Å². The van der Waals surface area contributed by atoms with Crippen LogP contribution in [0.25, 0.3) is 0 Å². The van der Waals surface area contributed by atoms with Crippen LogP contribution in [0.3, 0.4) is 0 Å². The van der Waals surface area contributed by atoms with Gasteiger partial charge in [0.25, 0.3) is 0 Å². The van der Waals surface area contributed by atoms with Gasteiger partial charge in [0.05, 0.1) is 24.9 Å². The lowest BCUT2D eigenvalue weighted by molar-refractivity contribution is 0.0848. The van der Waals surface area contributed by atoms with Crippen LogP contribution >= 0.6 is 0 Å². The normalized spacial score (nSPS) is 18.9. The van der Waals surface area contributed by atoms with Gasteiger partial charge in [0.1, 0.15) is 11.9 Å². The fourth-order valence-corrected chi connectivity index (χ4v) is 2.23. The lowest BCUT2D eigenvalue weighted by Gasteiger charge is -2.26. The van der Waals surface area contributed by atoms with Gasteiger partial charge >= 0.3 is 0 Å². The highest BCUT2D eigenvalue weighted by Gasteiger charge is 2.22. The van der Waals surface area contributed by atoms with Crippen LogP contribution in [0.4, 0.5) is 5.69 Å². The van der Waals surface area contributed by atoms with Crippen molar-refractivity contribution >= 4 is 11.5 Å². The third-order valence-electron chi connectivity index (χ3n) is 3.67. The Morgan fingerprint density at radius 1 is 1.60 bits per heavy atom. The molecule has 2 unspecified atom stereocenters. The maximum Gasteiger partial charge on any atom is 0.179 e. The number of hydrogen-bond acceptors (Lipinski definition) is 5. The number of aliphatic hydroxyl groups is 1. The minimum absolute atomic E-state index is 0.0455. The third-order valence-corrected chi connectivity index (χ3v) is 3.67. The molecule has 5 nitrogen and oxygen atoms in total. The number of nitrogens with zero attached hydrogens (tertiary/aromatic N) is 1. The predicted octanol–water partition coefficient (Wildman–Crippen LogP) is 1.37. The molecular formula is C15H22N2O3. The molecular weight excluding hydrogens is 256 g/mol. The molecule has 0 amide bonds. The molecule has 2 N–H and O–H groups in total. The Labute approximate surface area is 119 Å². The first-order chi connectivity index (χ1) is 9.52. The van der Waals surface area contributed by atoms with E-state index in [4.69, 9.17) is 9.84 Å². The Hall–Kier alpha value is -1.59. The summed E-state index contributed by atoms with van der Waals surface area (Å²) in [6.07, 6.45) is 0.138. The van der Waals surface area contributed by atoms with Crippen molar-refractivity contribution in [3.8, 4) is 5.75 Å². The lowest BCUT2D eigenvalue weighted by atomic mass is 10.0. The first-order valence-corrected chi connectivity index (χ1v) is 6.93. The van der Waals surface area contributed by atoms with Crippen LogP contribution in [0, 0.1) is 0 Å². The van der Waals surface area contributed by atoms with Gasteiger partial charge < -0.3 is 15.2 Å². The molecule has 0 radical (unpaired) electrons. The minimum atomic E-state index is -0.261. The van der Waals surface area contributed by atoms with E-state index in [-0.39, 0.29) is 24.5 Å². The molecule has 1 aliphatic rings. The first-order valence-electron chi connectivity index (χ1n) is 6.93. The number of rotatable bonds is 5. The molecule has 0 saturated heterocycles. The Morgan fingerprint density at radius 2 is 2.35 bits per heavy atom. The standard InChI is InChI=1S/C15H22N2O3/c1-10-9-16-13-8-12(4-5-14(13)20-10)15(19)11(2)17(3)6-7-18/h4-5,8,10-11,16,18H,6-7,9H2,1-3H3. The molecule has 0 spiro atoms. The number of hydrogen-bond donors (Lipinski definition) is 2. The van der Waals surface area contributed by atoms with E-state index in [1.807, 2.05) is 37.9 Å². The second kappa shape index (κ2) is 6.24. The number of ether oxygens (including phenoxy) is 1. The number of nitrogens with one attached hydrogen (secondary N) is 1. The van der Waals surface area contributed by atoms with Crippen LogP contribution in [-0.4, -0.2) is 54.7 Å². The maximum absolute atomic E-state index is 12.4. The zero-order valence-corrected chi connectivity index (χ0v) is 12.2. The minimum Gasteiger partial charge on any atom is -0.487 e. The number of ketones is 1. The molecule has 0 fully saturated rings. The molecule has 1 aromatic rings. The molecule has 110 valence electrons. The van der Waals surface area contributed by atoms with Crippen molar-refractivity contribution in [2.45, 2.75) is 26.0 Å². The molecule has 0 bridgehead atoms. The molecule has 5 heteroatoms. The van der Waals surface area contributed by atoms with Crippen LogP contribution in [0.2, 0.25) is 0 Å². The summed E-state index contributed by atoms with van der Waals surface area (Å²) in [5.74, 6) is 0.834. The zero-order chi connectivity index (χ0) is 14.7. The number of Topliss-reactive ketones (excluding diaryl/α,β-unsaturated/α-hetero) is 1. The van der Waals surface area contributed by atoms with Gasteiger partial charge in [0.15, 0.2) is 5.78 Å². The fourth-order valence-electron chi connectivity index (χ4n) is 2.23. The molecule has 0 saturated carbocycles. The number of carbonyl (C=O) groups excluding carboxylic acids is 1. The highest BCUT2D eigenvalue weighted by molar-refractivity contribution is 6.01. The van der Waals surface area contributed by atoms with E-state index in [1.165, 1.54) is 0 Å². The van der Waals surface area contributed by atoms with E-state index in [9.17, 15) is 4.79 Å². The summed E-state index contributed by atoms with van der Waals surface area (Å²) >= 11 is 0. The van der Waals surface area contributed by atoms with Gasteiger partial charge in [0, 0.05) is 12.1 Å². The molecule has 1 aromatic carbocycles. The summed E-state index contributed by atoms with van der Waals surface area (Å²) < 4.78 is 5.70. The molecule has 1 aliphatic heterocycles. The highest BCUT2D eigenvalue weighted by atomic mass is 16.5. The van der Waals surface area contributed by atoms with Crippen molar-refractivity contribution in [1.82, 2.24) is 4.90 Å². The average Bonchev–Trinajstić information content (AvgIpc) is 2.45. The number of anilines is 1. The fraction of sp³-hybridized carbons (Fsp3) is 0.533. The molecule has 1 heterocycles. The van der Waals surface area contributed by atoms with Crippen LogP contribution < -0.4 is 10.1 Å². The summed E-state index contributed by atoms with van der Waals surface area (Å²) in [4.78, 5) is 14.3. The molecule has 2 atom stereocenters. The van der Waals surface area contributed by atoms with Crippen molar-refractivity contribution in [3.63, 3.8) is 0 Å². The second-order valence-corrected chi connectivity index (χ2v) is 5.26. The number of aliphatic hydroxyl groups excluding tert-OH is 1. The molecule has 0 aromatic heterocycles. The van der Waals surface area contributed by atoms with Crippen molar-refractivity contribution in [2.24, 2.45) is 0 Å². The summed E-state index contributed by atoms with van der Waals surface area (Å²) in [6.45, 7) is 5.12. The van der Waals surface area contributed by atoms with Crippen molar-refractivity contribution < 1.29 is 14.6 Å². The summed E-state index contributed by atoms with van der Waals surface area (Å²) in [5, 5.41) is 12.2. The van der Waals surface area contributed by atoms with Crippen molar-refractivity contribution in [3.05, 3.63) is 23.8 Å². The molecule has 0 aliphatic carbocycles. The number of benzene rings is 1. The monoisotopic (exact) mass is 278 g/mol. The van der Waals surface area contributed by atoms with Crippen LogP contribution in [0.15, 0.2) is 18.2 Å². The van der Waals surface area contributed by atoms with E-state index in [1.54, 1.807) is 6.07 Å². The Morgan fingerprint density at radius 3 is 3.05 bits per heavy atom. The Bertz CT molecular complexity index is 490. The van der Waals surface area contributed by atoms with Gasteiger partial charge in [-0.25, -0.2) is 0 Å². The summed E-state index contributed by atoms with van der Waals surface area (Å²) in [6, 6.07) is 5.21. The van der Waals surface area contributed by atoms with Gasteiger partial charge in [-0.3, -0.25) is 9.69 Å². The van der Waals surface area contributed by atoms with E-state index in [0.717, 1.165) is 18.0 Å². The highest BCUT2D eigenvalue weighted by Crippen LogP contribution is 2.30. The SMILES string of the molecule is CC1CNc2cc(C(=O)C(C)N(C)CCO)ccc2O1. The van der Waals surface area contributed by atoms with Gasteiger partial charge in [-0.2, -0.15) is 0 Å². The van der Waals surface area contributed by atoms with Crippen LogP contribution in [-0.2, 0) is 0 Å². The summed E-state index contributed by atoms with van der Waals surface area (Å²) in [7, 11) is 1.83. The van der Waals surface area contributed by atoms with E-state index in [0.29, 0.717) is 12.1 Å². The van der Waals surface area contributed by atoms with Gasteiger partial charge in [-0.15, -0.1) is 0 Å². The quantitative estimate of drug-likeness (QED) is 0.797. The Kier molecular flexibility index (Phi) is 4.62. The van der Waals surface area contributed by atoms with E-state index < -0.39 is 0 Å². The van der Waals surface area contributed by atoms with Gasteiger partial charge in [-0.05, 0) is 39.1 Å². The number of carbonyl (C=O) groups is 1. The third kappa shape index (κ3) is 3.11. The smallest absolute Gasteiger partial charge is 0.179 e. The van der Waals surface area contributed by atoms with Crippen LogP contribution in [0.5, 0.6) is 5.75 Å². The largest absolute Gasteiger partial charge is 0.487 e. The second-order valence-electron chi connectivity index (χ2n) is 5.26. The van der Waals surface area contributed by atoms with E-state index >= 15 is 0 Å². The topological polar surface area (TPSA) is 61.8 Å².